The highest BCUT2D eigenvalue weighted by Crippen LogP contribution is 2.30. The van der Waals surface area contributed by atoms with Crippen LogP contribution in [0.3, 0.4) is 0 Å². The van der Waals surface area contributed by atoms with E-state index in [1.54, 1.807) is 6.20 Å². The lowest BCUT2D eigenvalue weighted by molar-refractivity contribution is -0.140. The number of rotatable bonds is 6. The first kappa shape index (κ1) is 23.3. The van der Waals surface area contributed by atoms with E-state index in [-0.39, 0.29) is 24.0 Å². The average molecular weight is 535 g/mol. The number of nitrogens with one attached hydrogen (secondary N) is 2. The highest BCUT2D eigenvalue weighted by Gasteiger charge is 2.33. The Kier molecular flexibility index (Phi) is 8.62. The SMILES string of the molecule is CCNC(=NCc1ccnc2ccccc12)NCCc1nc(C(F)(F)F)cs1.I. The van der Waals surface area contributed by atoms with Crippen LogP contribution in [0.1, 0.15) is 23.2 Å². The van der Waals surface area contributed by atoms with Gasteiger partial charge in [0, 0.05) is 36.5 Å². The van der Waals surface area contributed by atoms with Crippen molar-refractivity contribution in [3.63, 3.8) is 0 Å². The number of pyridine rings is 1. The van der Waals surface area contributed by atoms with E-state index in [2.05, 4.69) is 25.6 Å². The first-order valence-corrected chi connectivity index (χ1v) is 9.71. The van der Waals surface area contributed by atoms with Crippen LogP contribution in [0, 0.1) is 0 Å². The number of hydrogen-bond donors (Lipinski definition) is 2. The van der Waals surface area contributed by atoms with Crippen molar-refractivity contribution in [1.82, 2.24) is 20.6 Å². The Morgan fingerprint density at radius 3 is 2.69 bits per heavy atom. The molecular formula is C19H21F3IN5S. The fourth-order valence-corrected chi connectivity index (χ4v) is 3.45. The van der Waals surface area contributed by atoms with Crippen LogP contribution in [-0.2, 0) is 19.1 Å². The Hall–Kier alpha value is -1.95. The lowest BCUT2D eigenvalue weighted by Gasteiger charge is -2.11. The number of nitrogens with zero attached hydrogens (tertiary/aromatic N) is 3. The minimum absolute atomic E-state index is 0. The summed E-state index contributed by atoms with van der Waals surface area (Å²) < 4.78 is 37.9. The number of aromatic nitrogens is 2. The lowest BCUT2D eigenvalue weighted by atomic mass is 10.1. The Morgan fingerprint density at radius 1 is 1.17 bits per heavy atom. The zero-order chi connectivity index (χ0) is 20.0. The summed E-state index contributed by atoms with van der Waals surface area (Å²) in [6.45, 7) is 3.54. The van der Waals surface area contributed by atoms with Gasteiger partial charge in [0.1, 0.15) is 0 Å². The first-order chi connectivity index (χ1) is 13.5. The van der Waals surface area contributed by atoms with Gasteiger partial charge in [-0.05, 0) is 24.6 Å². The van der Waals surface area contributed by atoms with E-state index in [1.807, 2.05) is 37.3 Å². The van der Waals surface area contributed by atoms with Crippen LogP contribution in [0.5, 0.6) is 0 Å². The zero-order valence-corrected chi connectivity index (χ0v) is 18.8. The second-order valence-corrected chi connectivity index (χ2v) is 6.93. The van der Waals surface area contributed by atoms with E-state index < -0.39 is 11.9 Å². The average Bonchev–Trinajstić information content (AvgIpc) is 3.15. The maximum Gasteiger partial charge on any atom is 0.434 e. The summed E-state index contributed by atoms with van der Waals surface area (Å²) >= 11 is 1.01. The molecule has 0 saturated heterocycles. The molecule has 0 amide bonds. The van der Waals surface area contributed by atoms with Gasteiger partial charge in [0.15, 0.2) is 11.7 Å². The molecule has 0 fully saturated rings. The van der Waals surface area contributed by atoms with Crippen molar-refractivity contribution in [3.8, 4) is 0 Å². The van der Waals surface area contributed by atoms with Crippen LogP contribution in [-0.4, -0.2) is 29.0 Å². The van der Waals surface area contributed by atoms with E-state index in [1.165, 1.54) is 0 Å². The fourth-order valence-electron chi connectivity index (χ4n) is 2.64. The van der Waals surface area contributed by atoms with Gasteiger partial charge in [0.2, 0.25) is 0 Å². The largest absolute Gasteiger partial charge is 0.434 e. The monoisotopic (exact) mass is 535 g/mol. The Morgan fingerprint density at radius 2 is 1.97 bits per heavy atom. The molecule has 0 atom stereocenters. The van der Waals surface area contributed by atoms with Crippen LogP contribution >= 0.6 is 35.3 Å². The number of fused-ring (bicyclic) bond motifs is 1. The molecule has 0 bridgehead atoms. The molecule has 3 aromatic rings. The number of hydrogen-bond acceptors (Lipinski definition) is 4. The number of guanidine groups is 1. The maximum absolute atomic E-state index is 12.6. The minimum Gasteiger partial charge on any atom is -0.357 e. The van der Waals surface area contributed by atoms with Crippen molar-refractivity contribution in [2.24, 2.45) is 4.99 Å². The quantitative estimate of drug-likeness (QED) is 0.275. The Labute approximate surface area is 187 Å². The van der Waals surface area contributed by atoms with Gasteiger partial charge in [0.25, 0.3) is 0 Å². The standard InChI is InChI=1S/C19H20F3N5S.HI/c1-2-23-18(25-10-8-17-27-16(12-28-17)19(20,21)22)26-11-13-7-9-24-15-6-4-3-5-14(13)15;/h3-7,9,12H,2,8,10-11H2,1H3,(H2,23,25,26);1H. The van der Waals surface area contributed by atoms with Crippen LogP contribution < -0.4 is 10.6 Å². The summed E-state index contributed by atoms with van der Waals surface area (Å²) in [5.74, 6) is 0.607. The summed E-state index contributed by atoms with van der Waals surface area (Å²) in [6, 6.07) is 9.80. The molecule has 5 nitrogen and oxygen atoms in total. The van der Waals surface area contributed by atoms with Gasteiger partial charge in [-0.1, -0.05) is 18.2 Å². The zero-order valence-electron chi connectivity index (χ0n) is 15.7. The van der Waals surface area contributed by atoms with Gasteiger partial charge in [-0.25, -0.2) is 9.98 Å². The number of aliphatic imine (C=N–C) groups is 1. The number of benzene rings is 1. The normalized spacial score (nSPS) is 11.9. The summed E-state index contributed by atoms with van der Waals surface area (Å²) in [5.41, 5.74) is 1.13. The summed E-state index contributed by atoms with van der Waals surface area (Å²) in [6.07, 6.45) is -2.25. The summed E-state index contributed by atoms with van der Waals surface area (Å²) in [4.78, 5) is 12.6. The molecule has 0 aliphatic rings. The van der Waals surface area contributed by atoms with Crippen LogP contribution in [0.4, 0.5) is 13.2 Å². The van der Waals surface area contributed by atoms with E-state index in [0.29, 0.717) is 37.0 Å². The molecule has 0 unspecified atom stereocenters. The van der Waals surface area contributed by atoms with Gasteiger partial charge in [0.05, 0.1) is 17.1 Å². The molecule has 0 aliphatic heterocycles. The van der Waals surface area contributed by atoms with Crippen molar-refractivity contribution in [1.29, 1.82) is 0 Å². The van der Waals surface area contributed by atoms with Crippen LogP contribution in [0.25, 0.3) is 10.9 Å². The smallest absolute Gasteiger partial charge is 0.357 e. The fraction of sp³-hybridized carbons (Fsp3) is 0.316. The van der Waals surface area contributed by atoms with Crippen molar-refractivity contribution < 1.29 is 13.2 Å². The predicted octanol–water partition coefficient (Wildman–Crippen LogP) is 4.63. The van der Waals surface area contributed by atoms with E-state index in [0.717, 1.165) is 33.2 Å². The van der Waals surface area contributed by atoms with Gasteiger partial charge in [-0.2, -0.15) is 13.2 Å². The maximum atomic E-state index is 12.6. The third kappa shape index (κ3) is 6.53. The number of thiazole rings is 1. The first-order valence-electron chi connectivity index (χ1n) is 8.83. The van der Waals surface area contributed by atoms with Crippen LogP contribution in [0.2, 0.25) is 0 Å². The molecule has 0 saturated carbocycles. The summed E-state index contributed by atoms with van der Waals surface area (Å²) in [7, 11) is 0. The van der Waals surface area contributed by atoms with Gasteiger partial charge in [-0.3, -0.25) is 4.98 Å². The second-order valence-electron chi connectivity index (χ2n) is 5.98. The highest BCUT2D eigenvalue weighted by atomic mass is 127. The topological polar surface area (TPSA) is 62.2 Å². The number of para-hydroxylation sites is 1. The number of alkyl halides is 3. The molecule has 2 N–H and O–H groups in total. The minimum atomic E-state index is -4.40. The van der Waals surface area contributed by atoms with Gasteiger partial charge in [-0.15, -0.1) is 35.3 Å². The third-order valence-corrected chi connectivity index (χ3v) is 4.87. The van der Waals surface area contributed by atoms with Crippen molar-refractivity contribution in [3.05, 3.63) is 58.2 Å². The Balaban J connectivity index is 0.00000300. The third-order valence-electron chi connectivity index (χ3n) is 3.96. The second kappa shape index (κ2) is 10.7. The van der Waals surface area contributed by atoms with Crippen LogP contribution in [0.15, 0.2) is 46.9 Å². The molecule has 0 radical (unpaired) electrons. The molecular weight excluding hydrogens is 514 g/mol. The Bertz CT molecular complexity index is 953. The van der Waals surface area contributed by atoms with E-state index in [9.17, 15) is 13.2 Å². The molecule has 29 heavy (non-hydrogen) atoms. The van der Waals surface area contributed by atoms with E-state index in [4.69, 9.17) is 0 Å². The highest BCUT2D eigenvalue weighted by molar-refractivity contribution is 14.0. The molecule has 0 spiro atoms. The van der Waals surface area contributed by atoms with Crippen molar-refractivity contribution in [2.75, 3.05) is 13.1 Å². The van der Waals surface area contributed by atoms with Crippen molar-refractivity contribution in [2.45, 2.75) is 26.1 Å². The molecule has 2 aromatic heterocycles. The lowest BCUT2D eigenvalue weighted by Crippen LogP contribution is -2.38. The summed E-state index contributed by atoms with van der Waals surface area (Å²) in [5, 5.41) is 8.82. The molecule has 0 aliphatic carbocycles. The molecule has 3 rings (SSSR count). The molecule has 10 heteroatoms. The molecule has 156 valence electrons. The van der Waals surface area contributed by atoms with Gasteiger partial charge >= 0.3 is 6.18 Å². The van der Waals surface area contributed by atoms with E-state index >= 15 is 0 Å². The predicted molar refractivity (Wildman–Crippen MR) is 121 cm³/mol. The molecule has 1 aromatic carbocycles. The van der Waals surface area contributed by atoms with Crippen molar-refractivity contribution >= 4 is 52.2 Å². The number of halogens is 4. The van der Waals surface area contributed by atoms with Gasteiger partial charge < -0.3 is 10.6 Å². The molecule has 2 heterocycles.